The number of hydrogen-bond acceptors (Lipinski definition) is 5. The van der Waals surface area contributed by atoms with Crippen molar-refractivity contribution in [1.29, 1.82) is 0 Å². The molecule has 0 bridgehead atoms. The number of Topliss-reactive ketones (excluding diaryl/α,β-unsaturated/α-hetero) is 1. The molecule has 170 valence electrons. The Labute approximate surface area is 198 Å². The molecule has 1 aromatic heterocycles. The predicted octanol–water partition coefficient (Wildman–Crippen LogP) is 4.80. The van der Waals surface area contributed by atoms with E-state index in [9.17, 15) is 9.59 Å². The van der Waals surface area contributed by atoms with Crippen molar-refractivity contribution < 1.29 is 9.59 Å². The molecule has 1 amide bonds. The lowest BCUT2D eigenvalue weighted by atomic mass is 9.98. The van der Waals surface area contributed by atoms with Crippen molar-refractivity contribution in [2.45, 2.75) is 32.1 Å². The van der Waals surface area contributed by atoms with Gasteiger partial charge in [-0.3, -0.25) is 9.59 Å². The highest BCUT2D eigenvalue weighted by Crippen LogP contribution is 2.31. The van der Waals surface area contributed by atoms with Gasteiger partial charge in [-0.25, -0.2) is 0 Å². The van der Waals surface area contributed by atoms with Gasteiger partial charge < -0.3 is 15.5 Å². The van der Waals surface area contributed by atoms with E-state index in [1.54, 1.807) is 11.3 Å². The highest BCUT2D eigenvalue weighted by molar-refractivity contribution is 7.13. The molecular formula is C27H29N3O2S. The van der Waals surface area contributed by atoms with Gasteiger partial charge >= 0.3 is 0 Å². The smallest absolute Gasteiger partial charge is 0.231 e. The maximum Gasteiger partial charge on any atom is 0.231 e. The van der Waals surface area contributed by atoms with E-state index in [-0.39, 0.29) is 18.1 Å². The third kappa shape index (κ3) is 4.72. The van der Waals surface area contributed by atoms with Crippen LogP contribution in [0.2, 0.25) is 0 Å². The molecule has 0 atom stereocenters. The molecule has 0 saturated carbocycles. The Morgan fingerprint density at radius 2 is 1.85 bits per heavy atom. The van der Waals surface area contributed by atoms with Crippen molar-refractivity contribution >= 4 is 34.4 Å². The summed E-state index contributed by atoms with van der Waals surface area (Å²) in [6.07, 6.45) is 4.42. The van der Waals surface area contributed by atoms with Crippen LogP contribution in [0.5, 0.6) is 0 Å². The number of hydrogen-bond donors (Lipinski definition) is 1. The molecule has 1 saturated heterocycles. The molecule has 5 rings (SSSR count). The molecule has 0 unspecified atom stereocenters. The molecule has 5 nitrogen and oxygen atoms in total. The second-order valence-electron chi connectivity index (χ2n) is 8.96. The van der Waals surface area contributed by atoms with E-state index in [2.05, 4.69) is 11.0 Å². The Morgan fingerprint density at radius 3 is 2.64 bits per heavy atom. The van der Waals surface area contributed by atoms with Crippen LogP contribution in [0.4, 0.5) is 11.4 Å². The van der Waals surface area contributed by atoms with Gasteiger partial charge in [-0.15, -0.1) is 11.3 Å². The van der Waals surface area contributed by atoms with Crippen LogP contribution in [0.15, 0.2) is 53.9 Å². The first-order valence-corrected chi connectivity index (χ1v) is 12.6. The van der Waals surface area contributed by atoms with Gasteiger partial charge in [-0.2, -0.15) is 0 Å². The largest absolute Gasteiger partial charge is 0.398 e. The molecule has 3 heterocycles. The number of benzene rings is 2. The van der Waals surface area contributed by atoms with Gasteiger partial charge in [0.2, 0.25) is 5.91 Å². The molecule has 3 aromatic rings. The van der Waals surface area contributed by atoms with Gasteiger partial charge in [0.25, 0.3) is 0 Å². The summed E-state index contributed by atoms with van der Waals surface area (Å²) in [5.74, 6) is 0.145. The molecule has 2 aromatic carbocycles. The van der Waals surface area contributed by atoms with Crippen LogP contribution in [0.1, 0.15) is 40.7 Å². The fraction of sp³-hybridized carbons (Fsp3) is 0.333. The van der Waals surface area contributed by atoms with Crippen molar-refractivity contribution in [3.63, 3.8) is 0 Å². The normalized spacial score (nSPS) is 16.2. The minimum absolute atomic E-state index is 0.0204. The molecule has 0 spiro atoms. The zero-order valence-electron chi connectivity index (χ0n) is 18.8. The Hall–Kier alpha value is -2.96. The van der Waals surface area contributed by atoms with E-state index >= 15 is 0 Å². The first-order valence-electron chi connectivity index (χ1n) is 11.7. The first-order chi connectivity index (χ1) is 16.1. The standard InChI is InChI=1S/C27H29N3O2S/c28-23-8-6-20(26-5-4-14-33-26)16-21(23)17-25(31)19-7-9-24-22(15-19)18-27(32)30(24)13-12-29-10-2-1-3-11-29/h4-9,14-16H,1-3,10-13,17-18,28H2. The number of fused-ring (bicyclic) bond motifs is 1. The number of carbonyl (C=O) groups is 2. The number of thiophene rings is 1. The number of carbonyl (C=O) groups excluding carboxylic acids is 2. The van der Waals surface area contributed by atoms with E-state index < -0.39 is 0 Å². The third-order valence-electron chi connectivity index (χ3n) is 6.72. The maximum atomic E-state index is 13.1. The van der Waals surface area contributed by atoms with Gasteiger partial charge in [-0.05, 0) is 84.4 Å². The SMILES string of the molecule is Nc1ccc(-c2cccs2)cc1CC(=O)c1ccc2c(c1)CC(=O)N2CCN1CCCCC1. The van der Waals surface area contributed by atoms with Gasteiger partial charge in [-0.1, -0.05) is 18.6 Å². The fourth-order valence-electron chi connectivity index (χ4n) is 4.86. The molecule has 2 aliphatic heterocycles. The van der Waals surface area contributed by atoms with E-state index in [4.69, 9.17) is 5.73 Å². The second kappa shape index (κ2) is 9.49. The molecule has 2 N–H and O–H groups in total. The summed E-state index contributed by atoms with van der Waals surface area (Å²) in [4.78, 5) is 31.3. The summed E-state index contributed by atoms with van der Waals surface area (Å²) in [5.41, 5.74) is 11.3. The van der Waals surface area contributed by atoms with Crippen molar-refractivity contribution in [1.82, 2.24) is 4.90 Å². The summed E-state index contributed by atoms with van der Waals surface area (Å²) >= 11 is 1.67. The lowest BCUT2D eigenvalue weighted by molar-refractivity contribution is -0.117. The zero-order chi connectivity index (χ0) is 22.8. The number of ketones is 1. The average Bonchev–Trinajstić information content (AvgIpc) is 3.47. The molecule has 6 heteroatoms. The van der Waals surface area contributed by atoms with Crippen LogP contribution >= 0.6 is 11.3 Å². The van der Waals surface area contributed by atoms with Crippen LogP contribution < -0.4 is 10.6 Å². The molecule has 33 heavy (non-hydrogen) atoms. The van der Waals surface area contributed by atoms with E-state index in [1.807, 2.05) is 52.7 Å². The monoisotopic (exact) mass is 459 g/mol. The van der Waals surface area contributed by atoms with Gasteiger partial charge in [0, 0.05) is 41.3 Å². The maximum absolute atomic E-state index is 13.1. The molecule has 0 radical (unpaired) electrons. The Morgan fingerprint density at radius 1 is 1.00 bits per heavy atom. The van der Waals surface area contributed by atoms with Crippen molar-refractivity contribution in [2.24, 2.45) is 0 Å². The third-order valence-corrected chi connectivity index (χ3v) is 7.64. The first kappa shape index (κ1) is 21.9. The quantitative estimate of drug-likeness (QED) is 0.407. The van der Waals surface area contributed by atoms with Crippen LogP contribution in [0, 0.1) is 0 Å². The summed E-state index contributed by atoms with van der Waals surface area (Å²) in [6, 6.07) is 15.7. The number of nitrogens with two attached hydrogens (primary N) is 1. The Bertz CT molecular complexity index is 1170. The summed E-state index contributed by atoms with van der Waals surface area (Å²) in [5, 5.41) is 2.04. The van der Waals surface area contributed by atoms with Crippen molar-refractivity contribution in [3.05, 3.63) is 70.6 Å². The van der Waals surface area contributed by atoms with Crippen LogP contribution in [-0.4, -0.2) is 42.8 Å². The molecule has 2 aliphatic rings. The zero-order valence-corrected chi connectivity index (χ0v) is 19.6. The number of anilines is 2. The van der Waals surface area contributed by atoms with E-state index in [0.717, 1.165) is 46.9 Å². The minimum atomic E-state index is 0.0204. The number of amides is 1. The summed E-state index contributed by atoms with van der Waals surface area (Å²) in [7, 11) is 0. The molecular weight excluding hydrogens is 430 g/mol. The van der Waals surface area contributed by atoms with Crippen LogP contribution in [0.25, 0.3) is 10.4 Å². The van der Waals surface area contributed by atoms with Crippen LogP contribution in [-0.2, 0) is 17.6 Å². The number of likely N-dealkylation sites (tertiary alicyclic amines) is 1. The highest BCUT2D eigenvalue weighted by Gasteiger charge is 2.28. The van der Waals surface area contributed by atoms with Gasteiger partial charge in [0.1, 0.15) is 0 Å². The topological polar surface area (TPSA) is 66.6 Å². The van der Waals surface area contributed by atoms with Gasteiger partial charge in [0.05, 0.1) is 6.42 Å². The molecule has 1 fully saturated rings. The number of rotatable bonds is 7. The predicted molar refractivity (Wildman–Crippen MR) is 135 cm³/mol. The van der Waals surface area contributed by atoms with Gasteiger partial charge in [0.15, 0.2) is 5.78 Å². The lowest BCUT2D eigenvalue weighted by Crippen LogP contribution is -2.39. The highest BCUT2D eigenvalue weighted by atomic mass is 32.1. The summed E-state index contributed by atoms with van der Waals surface area (Å²) < 4.78 is 0. The Kier molecular flexibility index (Phi) is 6.29. The minimum Gasteiger partial charge on any atom is -0.398 e. The number of piperidine rings is 1. The van der Waals surface area contributed by atoms with E-state index in [0.29, 0.717) is 24.2 Å². The fourth-order valence-corrected chi connectivity index (χ4v) is 5.58. The number of nitrogens with zero attached hydrogens (tertiary/aromatic N) is 2. The average molecular weight is 460 g/mol. The molecule has 0 aliphatic carbocycles. The lowest BCUT2D eigenvalue weighted by Gasteiger charge is -2.28. The second-order valence-corrected chi connectivity index (χ2v) is 9.91. The Balaban J connectivity index is 1.29. The van der Waals surface area contributed by atoms with E-state index in [1.165, 1.54) is 19.3 Å². The number of nitrogen functional groups attached to an aromatic ring is 1. The summed E-state index contributed by atoms with van der Waals surface area (Å²) in [6.45, 7) is 3.87. The van der Waals surface area contributed by atoms with Crippen LogP contribution in [0.3, 0.4) is 0 Å². The van der Waals surface area contributed by atoms with Crippen molar-refractivity contribution in [3.8, 4) is 10.4 Å². The van der Waals surface area contributed by atoms with Crippen molar-refractivity contribution in [2.75, 3.05) is 36.8 Å².